The second-order valence-electron chi connectivity index (χ2n) is 3.65. The lowest BCUT2D eigenvalue weighted by molar-refractivity contribution is -0.393. The van der Waals surface area contributed by atoms with E-state index in [1.165, 1.54) is 16.8 Å². The molecule has 2 N–H and O–H groups in total. The third kappa shape index (κ3) is 1.80. The lowest BCUT2D eigenvalue weighted by atomic mass is 10.2. The van der Waals surface area contributed by atoms with E-state index in [1.54, 1.807) is 6.07 Å². The Labute approximate surface area is 91.0 Å². The van der Waals surface area contributed by atoms with Crippen molar-refractivity contribution in [2.75, 3.05) is 6.61 Å². The van der Waals surface area contributed by atoms with Gasteiger partial charge in [-0.25, -0.2) is 4.57 Å². The highest BCUT2D eigenvalue weighted by molar-refractivity contribution is 5.22. The Bertz CT molecular complexity index is 391. The number of nitro groups is 1. The van der Waals surface area contributed by atoms with Crippen LogP contribution in [-0.2, 0) is 4.74 Å². The smallest absolute Gasteiger partial charge is 0.325 e. The van der Waals surface area contributed by atoms with E-state index >= 15 is 0 Å². The number of aromatic nitrogens is 1. The van der Waals surface area contributed by atoms with Crippen LogP contribution in [0.25, 0.3) is 0 Å². The van der Waals surface area contributed by atoms with E-state index < -0.39 is 23.4 Å². The molecule has 1 unspecified atom stereocenters. The third-order valence-electron chi connectivity index (χ3n) is 2.64. The summed E-state index contributed by atoms with van der Waals surface area (Å²) in [5.41, 5.74) is 0. The van der Waals surface area contributed by atoms with Crippen LogP contribution < -0.4 is 0 Å². The second-order valence-corrected chi connectivity index (χ2v) is 3.65. The summed E-state index contributed by atoms with van der Waals surface area (Å²) in [6.07, 6.45) is -0.303. The zero-order valence-corrected chi connectivity index (χ0v) is 8.39. The Kier molecular flexibility index (Phi) is 2.90. The van der Waals surface area contributed by atoms with E-state index in [1.807, 2.05) is 0 Å². The quantitative estimate of drug-likeness (QED) is 0.562. The van der Waals surface area contributed by atoms with Gasteiger partial charge in [-0.2, -0.15) is 0 Å². The van der Waals surface area contributed by atoms with Gasteiger partial charge in [-0.1, -0.05) is 0 Å². The van der Waals surface area contributed by atoms with Crippen LogP contribution in [0.15, 0.2) is 18.3 Å². The molecule has 3 atom stereocenters. The SMILES string of the molecule is O=[N+]([O-])c1cccn1[C@H]1CC(O)[C@@H](CO)O1. The van der Waals surface area contributed by atoms with Crippen LogP contribution in [0.4, 0.5) is 5.82 Å². The van der Waals surface area contributed by atoms with E-state index in [-0.39, 0.29) is 18.8 Å². The van der Waals surface area contributed by atoms with Gasteiger partial charge in [0.1, 0.15) is 6.10 Å². The minimum absolute atomic E-state index is 0.0872. The molecule has 0 saturated carbocycles. The zero-order chi connectivity index (χ0) is 11.7. The van der Waals surface area contributed by atoms with E-state index in [4.69, 9.17) is 9.84 Å². The first-order chi connectivity index (χ1) is 7.63. The molecule has 7 nitrogen and oxygen atoms in total. The maximum absolute atomic E-state index is 10.7. The summed E-state index contributed by atoms with van der Waals surface area (Å²) in [7, 11) is 0. The summed E-state index contributed by atoms with van der Waals surface area (Å²) in [6.45, 7) is -0.299. The molecule has 2 heterocycles. The van der Waals surface area contributed by atoms with Crippen molar-refractivity contribution >= 4 is 5.82 Å². The van der Waals surface area contributed by atoms with Gasteiger partial charge in [0.2, 0.25) is 6.23 Å². The van der Waals surface area contributed by atoms with Crippen molar-refractivity contribution in [1.29, 1.82) is 0 Å². The molecule has 0 radical (unpaired) electrons. The maximum Gasteiger partial charge on any atom is 0.325 e. The van der Waals surface area contributed by atoms with Crippen molar-refractivity contribution in [3.05, 3.63) is 28.4 Å². The number of aliphatic hydroxyl groups is 2. The number of aliphatic hydroxyl groups excluding tert-OH is 2. The van der Waals surface area contributed by atoms with Crippen molar-refractivity contribution in [2.24, 2.45) is 0 Å². The summed E-state index contributed by atoms with van der Waals surface area (Å²) < 4.78 is 6.66. The highest BCUT2D eigenvalue weighted by atomic mass is 16.6. The van der Waals surface area contributed by atoms with Gasteiger partial charge in [0.15, 0.2) is 0 Å². The molecule has 0 aliphatic carbocycles. The number of ether oxygens (including phenoxy) is 1. The second kappa shape index (κ2) is 4.20. The van der Waals surface area contributed by atoms with Crippen LogP contribution in [0.2, 0.25) is 0 Å². The van der Waals surface area contributed by atoms with E-state index in [9.17, 15) is 15.2 Å². The van der Waals surface area contributed by atoms with Gasteiger partial charge in [0.25, 0.3) is 0 Å². The largest absolute Gasteiger partial charge is 0.394 e. The van der Waals surface area contributed by atoms with E-state index in [0.29, 0.717) is 0 Å². The van der Waals surface area contributed by atoms with Crippen molar-refractivity contribution in [3.8, 4) is 0 Å². The van der Waals surface area contributed by atoms with Gasteiger partial charge in [-0.3, -0.25) is 0 Å². The summed E-state index contributed by atoms with van der Waals surface area (Å²) >= 11 is 0. The minimum Gasteiger partial charge on any atom is -0.394 e. The van der Waals surface area contributed by atoms with Crippen molar-refractivity contribution in [1.82, 2.24) is 4.57 Å². The molecular weight excluding hydrogens is 216 g/mol. The number of nitrogens with zero attached hydrogens (tertiary/aromatic N) is 2. The average Bonchev–Trinajstić information content (AvgIpc) is 2.82. The van der Waals surface area contributed by atoms with E-state index in [2.05, 4.69) is 0 Å². The van der Waals surface area contributed by atoms with Crippen LogP contribution in [-0.4, -0.2) is 38.5 Å². The highest BCUT2D eigenvalue weighted by Gasteiger charge is 2.38. The molecule has 1 fully saturated rings. The van der Waals surface area contributed by atoms with Gasteiger partial charge >= 0.3 is 5.82 Å². The average molecular weight is 228 g/mol. The molecule has 1 aromatic rings. The van der Waals surface area contributed by atoms with Gasteiger partial charge in [0.05, 0.1) is 18.9 Å². The first-order valence-corrected chi connectivity index (χ1v) is 4.89. The predicted octanol–water partition coefficient (Wildman–Crippen LogP) is 0.0370. The molecule has 0 bridgehead atoms. The molecule has 1 aliphatic heterocycles. The molecule has 0 aromatic carbocycles. The Hall–Kier alpha value is -1.44. The summed E-state index contributed by atoms with van der Waals surface area (Å²) in [4.78, 5) is 10.2. The van der Waals surface area contributed by atoms with Gasteiger partial charge in [-0.15, -0.1) is 0 Å². The lowest BCUT2D eigenvalue weighted by Crippen LogP contribution is -2.24. The number of hydrogen-bond acceptors (Lipinski definition) is 5. The van der Waals surface area contributed by atoms with Crippen molar-refractivity contribution in [3.63, 3.8) is 0 Å². The Balaban J connectivity index is 2.20. The lowest BCUT2D eigenvalue weighted by Gasteiger charge is -2.10. The molecule has 2 rings (SSSR count). The van der Waals surface area contributed by atoms with Crippen LogP contribution in [0.3, 0.4) is 0 Å². The fourth-order valence-electron chi connectivity index (χ4n) is 1.83. The fraction of sp³-hybridized carbons (Fsp3) is 0.556. The molecule has 0 amide bonds. The molecule has 88 valence electrons. The topological polar surface area (TPSA) is 97.8 Å². The fourth-order valence-corrected chi connectivity index (χ4v) is 1.83. The van der Waals surface area contributed by atoms with Gasteiger partial charge < -0.3 is 25.1 Å². The number of rotatable bonds is 3. The predicted molar refractivity (Wildman–Crippen MR) is 52.7 cm³/mol. The molecule has 7 heteroatoms. The maximum atomic E-state index is 10.7. The Morgan fingerprint density at radius 3 is 3.00 bits per heavy atom. The summed E-state index contributed by atoms with van der Waals surface area (Å²) in [6, 6.07) is 2.90. The first kappa shape index (κ1) is 11.1. The molecule has 16 heavy (non-hydrogen) atoms. The third-order valence-corrected chi connectivity index (χ3v) is 2.64. The van der Waals surface area contributed by atoms with E-state index in [0.717, 1.165) is 0 Å². The van der Waals surface area contributed by atoms with Crippen LogP contribution in [0.5, 0.6) is 0 Å². The summed E-state index contributed by atoms with van der Waals surface area (Å²) in [5.74, 6) is -0.0872. The Morgan fingerprint density at radius 2 is 2.44 bits per heavy atom. The zero-order valence-electron chi connectivity index (χ0n) is 8.39. The highest BCUT2D eigenvalue weighted by Crippen LogP contribution is 2.31. The number of hydrogen-bond donors (Lipinski definition) is 2. The first-order valence-electron chi connectivity index (χ1n) is 4.89. The van der Waals surface area contributed by atoms with Crippen LogP contribution in [0, 0.1) is 10.1 Å². The normalized spacial score (nSPS) is 29.5. The van der Waals surface area contributed by atoms with Crippen molar-refractivity contribution in [2.45, 2.75) is 24.9 Å². The van der Waals surface area contributed by atoms with Gasteiger partial charge in [0, 0.05) is 12.5 Å². The van der Waals surface area contributed by atoms with Crippen LogP contribution >= 0.6 is 0 Å². The van der Waals surface area contributed by atoms with Crippen LogP contribution in [0.1, 0.15) is 12.6 Å². The minimum atomic E-state index is -0.794. The molecule has 1 aliphatic rings. The summed E-state index contributed by atoms with van der Waals surface area (Å²) in [5, 5.41) is 29.1. The molecular formula is C9H12N2O5. The van der Waals surface area contributed by atoms with Crippen molar-refractivity contribution < 1.29 is 19.9 Å². The molecule has 0 spiro atoms. The standard InChI is InChI=1S/C9H12N2O5/c12-5-7-6(13)4-9(16-7)10-3-1-2-8(10)11(14)15/h1-3,6-7,9,12-13H,4-5H2/t6?,7-,9-/m1/s1. The molecule has 1 saturated heterocycles. The Morgan fingerprint density at radius 1 is 1.69 bits per heavy atom. The monoisotopic (exact) mass is 228 g/mol. The molecule has 1 aromatic heterocycles. The van der Waals surface area contributed by atoms with Gasteiger partial charge in [-0.05, 0) is 11.0 Å².